The summed E-state index contributed by atoms with van der Waals surface area (Å²) in [5.41, 5.74) is -0.282. The smallest absolute Gasteiger partial charge is 0.230 e. The number of rotatable bonds is 4. The van der Waals surface area contributed by atoms with Gasteiger partial charge in [0, 0.05) is 0 Å². The van der Waals surface area contributed by atoms with Crippen LogP contribution in [-0.2, 0) is 9.78 Å². The molecule has 4 heteroatoms. The van der Waals surface area contributed by atoms with Crippen molar-refractivity contribution in [3.63, 3.8) is 0 Å². The highest BCUT2D eigenvalue weighted by atomic mass is 35.6. The third-order valence-corrected chi connectivity index (χ3v) is 3.89. The summed E-state index contributed by atoms with van der Waals surface area (Å²) in [6.45, 7) is 5.82. The Morgan fingerprint density at radius 2 is 1.80 bits per heavy atom. The van der Waals surface area contributed by atoms with Gasteiger partial charge in [0.25, 0.3) is 0 Å². The zero-order valence-electron chi connectivity index (χ0n) is 9.29. The lowest BCUT2D eigenvalue weighted by molar-refractivity contribution is -0.337. The Morgan fingerprint density at radius 3 is 2.33 bits per heavy atom. The van der Waals surface area contributed by atoms with E-state index in [0.29, 0.717) is 6.23 Å². The molecule has 15 heavy (non-hydrogen) atoms. The largest absolute Gasteiger partial charge is 0.238 e. The molecule has 1 rings (SSSR count). The molecule has 0 aromatic heterocycles. The van der Waals surface area contributed by atoms with Gasteiger partial charge in [-0.1, -0.05) is 30.3 Å². The fraction of sp³-hybridized carbons (Fsp3) is 0.455. The molecule has 0 aliphatic carbocycles. The molecule has 0 bridgehead atoms. The van der Waals surface area contributed by atoms with Gasteiger partial charge in [0.05, 0.1) is 11.8 Å². The Morgan fingerprint density at radius 1 is 1.20 bits per heavy atom. The maximum absolute atomic E-state index is 6.23. The predicted molar refractivity (Wildman–Crippen MR) is 64.5 cm³/mol. The van der Waals surface area contributed by atoms with Crippen LogP contribution in [0.4, 0.5) is 0 Å². The molecule has 0 heterocycles. The van der Waals surface area contributed by atoms with E-state index in [1.54, 1.807) is 0 Å². The highest BCUT2D eigenvalue weighted by Gasteiger charge is 2.16. The fourth-order valence-electron chi connectivity index (χ4n) is 0.960. The molecule has 0 unspecified atom stereocenters. The Balaban J connectivity index is 2.34. The second-order valence-corrected chi connectivity index (χ2v) is 7.27. The average molecular weight is 244 g/mol. The van der Waals surface area contributed by atoms with Crippen LogP contribution in [0.15, 0.2) is 30.3 Å². The summed E-state index contributed by atoms with van der Waals surface area (Å²) in [6.07, 6.45) is 0.452. The number of benzene rings is 1. The Bertz CT molecular complexity index is 284. The molecule has 0 N–H and O–H groups in total. The summed E-state index contributed by atoms with van der Waals surface area (Å²) in [5.74, 6) is 0. The van der Waals surface area contributed by atoms with E-state index < -0.39 is 8.11 Å². The normalized spacial score (nSPS) is 12.1. The second-order valence-electron chi connectivity index (χ2n) is 4.23. The monoisotopic (exact) mass is 243 g/mol. The number of halogens is 1. The second kappa shape index (κ2) is 5.65. The summed E-state index contributed by atoms with van der Waals surface area (Å²) in [5, 5.41) is 1.14. The first-order valence-corrected chi connectivity index (χ1v) is 7.58. The van der Waals surface area contributed by atoms with Gasteiger partial charge in [-0.15, -0.1) is 0 Å². The van der Waals surface area contributed by atoms with Crippen molar-refractivity contribution in [1.29, 1.82) is 0 Å². The van der Waals surface area contributed by atoms with E-state index in [2.05, 4.69) is 0 Å². The average Bonchev–Trinajstić information content (AvgIpc) is 2.17. The van der Waals surface area contributed by atoms with E-state index in [4.69, 9.17) is 20.9 Å². The molecule has 1 aromatic carbocycles. The standard InChI is InChI=1S/C11H16ClO2Si/c1-11(2,3)14-13-9-15(12)10-7-5-4-6-8-10/h4-8H,9H2,1-3H3. The third kappa shape index (κ3) is 5.32. The predicted octanol–water partition coefficient (Wildman–Crippen LogP) is 2.41. The van der Waals surface area contributed by atoms with Gasteiger partial charge in [-0.3, -0.25) is 0 Å². The van der Waals surface area contributed by atoms with Gasteiger partial charge in [0.2, 0.25) is 8.11 Å². The van der Waals surface area contributed by atoms with Crippen LogP contribution >= 0.6 is 11.1 Å². The van der Waals surface area contributed by atoms with Crippen molar-refractivity contribution in [3.05, 3.63) is 30.3 Å². The minimum atomic E-state index is -1.16. The van der Waals surface area contributed by atoms with Gasteiger partial charge in [-0.25, -0.2) is 9.78 Å². The first-order valence-electron chi connectivity index (χ1n) is 4.86. The lowest BCUT2D eigenvalue weighted by atomic mass is 10.2. The van der Waals surface area contributed by atoms with Crippen LogP contribution in [0, 0.1) is 0 Å². The molecule has 1 aromatic rings. The van der Waals surface area contributed by atoms with Crippen molar-refractivity contribution in [2.24, 2.45) is 0 Å². The summed E-state index contributed by atoms with van der Waals surface area (Å²) >= 11 is 6.23. The molecule has 0 amide bonds. The molecule has 2 nitrogen and oxygen atoms in total. The quantitative estimate of drug-likeness (QED) is 0.350. The lowest BCUT2D eigenvalue weighted by Crippen LogP contribution is -2.31. The highest BCUT2D eigenvalue weighted by molar-refractivity contribution is 7.14. The van der Waals surface area contributed by atoms with Gasteiger partial charge >= 0.3 is 0 Å². The van der Waals surface area contributed by atoms with Crippen LogP contribution in [-0.4, -0.2) is 19.9 Å². The van der Waals surface area contributed by atoms with Crippen LogP contribution < -0.4 is 5.19 Å². The van der Waals surface area contributed by atoms with Crippen molar-refractivity contribution < 1.29 is 9.78 Å². The number of hydrogen-bond donors (Lipinski definition) is 0. The van der Waals surface area contributed by atoms with Crippen LogP contribution in [0.5, 0.6) is 0 Å². The molecule has 0 atom stereocenters. The van der Waals surface area contributed by atoms with E-state index in [1.165, 1.54) is 0 Å². The zero-order valence-corrected chi connectivity index (χ0v) is 11.0. The van der Waals surface area contributed by atoms with Crippen molar-refractivity contribution in [2.75, 3.05) is 6.23 Å². The molecular formula is C11H16ClO2Si. The first-order chi connectivity index (χ1) is 6.99. The van der Waals surface area contributed by atoms with Crippen molar-refractivity contribution in [2.45, 2.75) is 26.4 Å². The number of hydrogen-bond acceptors (Lipinski definition) is 2. The van der Waals surface area contributed by atoms with Crippen LogP contribution in [0.1, 0.15) is 20.8 Å². The zero-order chi connectivity index (χ0) is 11.3. The molecule has 0 spiro atoms. The van der Waals surface area contributed by atoms with E-state index >= 15 is 0 Å². The molecule has 0 aliphatic rings. The SMILES string of the molecule is CC(C)(C)OOC[Si](Cl)c1ccccc1. The van der Waals surface area contributed by atoms with Crippen molar-refractivity contribution >= 4 is 24.4 Å². The third-order valence-electron chi connectivity index (χ3n) is 1.58. The van der Waals surface area contributed by atoms with E-state index in [9.17, 15) is 0 Å². The van der Waals surface area contributed by atoms with Crippen molar-refractivity contribution in [1.82, 2.24) is 0 Å². The maximum Gasteiger partial charge on any atom is 0.230 e. The van der Waals surface area contributed by atoms with Crippen molar-refractivity contribution in [3.8, 4) is 0 Å². The summed E-state index contributed by atoms with van der Waals surface area (Å²) in [7, 11) is -1.16. The van der Waals surface area contributed by atoms with Gasteiger partial charge in [-0.05, 0) is 26.0 Å². The Labute approximate surface area is 97.4 Å². The highest BCUT2D eigenvalue weighted by Crippen LogP contribution is 2.07. The van der Waals surface area contributed by atoms with E-state index in [1.807, 2.05) is 51.1 Å². The van der Waals surface area contributed by atoms with Gasteiger partial charge in [-0.2, -0.15) is 11.1 Å². The summed E-state index contributed by atoms with van der Waals surface area (Å²) in [4.78, 5) is 10.3. The molecular weight excluding hydrogens is 228 g/mol. The maximum atomic E-state index is 6.23. The first kappa shape index (κ1) is 12.7. The summed E-state index contributed by atoms with van der Waals surface area (Å²) < 4.78 is 0. The van der Waals surface area contributed by atoms with Gasteiger partial charge in [0.15, 0.2) is 0 Å². The molecule has 83 valence electrons. The topological polar surface area (TPSA) is 18.5 Å². The lowest BCUT2D eigenvalue weighted by Gasteiger charge is -2.18. The molecule has 0 saturated carbocycles. The molecule has 0 fully saturated rings. The Kier molecular flexibility index (Phi) is 4.79. The minimum absolute atomic E-state index is 0.282. The summed E-state index contributed by atoms with van der Waals surface area (Å²) in [6, 6.07) is 9.96. The minimum Gasteiger partial charge on any atom is -0.238 e. The molecule has 1 radical (unpaired) electrons. The Hall–Kier alpha value is -0.353. The van der Waals surface area contributed by atoms with E-state index in [-0.39, 0.29) is 5.60 Å². The molecule has 0 saturated heterocycles. The van der Waals surface area contributed by atoms with Gasteiger partial charge in [0.1, 0.15) is 0 Å². The van der Waals surface area contributed by atoms with Crippen LogP contribution in [0.25, 0.3) is 0 Å². The van der Waals surface area contributed by atoms with Crippen LogP contribution in [0.3, 0.4) is 0 Å². The molecule has 0 aliphatic heterocycles. The van der Waals surface area contributed by atoms with Crippen LogP contribution in [0.2, 0.25) is 0 Å². The van der Waals surface area contributed by atoms with Gasteiger partial charge < -0.3 is 0 Å². The van der Waals surface area contributed by atoms with E-state index in [0.717, 1.165) is 5.19 Å². The fourth-order valence-corrected chi connectivity index (χ4v) is 2.36.